The predicted octanol–water partition coefficient (Wildman–Crippen LogP) is 5.97. The lowest BCUT2D eigenvalue weighted by molar-refractivity contribution is -0.0592. The van der Waals surface area contributed by atoms with Crippen molar-refractivity contribution in [1.29, 1.82) is 0 Å². The van der Waals surface area contributed by atoms with Gasteiger partial charge in [0.05, 0.1) is 5.60 Å². The van der Waals surface area contributed by atoms with E-state index in [-0.39, 0.29) is 0 Å². The second-order valence-electron chi connectivity index (χ2n) is 10.5. The van der Waals surface area contributed by atoms with Crippen LogP contribution < -0.4 is 0 Å². The van der Waals surface area contributed by atoms with Crippen LogP contribution in [0, 0.1) is 40.9 Å². The summed E-state index contributed by atoms with van der Waals surface area (Å²) in [6, 6.07) is 0. The topological polar surface area (TPSA) is 20.2 Å². The summed E-state index contributed by atoms with van der Waals surface area (Å²) in [6.45, 7) is 11.3. The van der Waals surface area contributed by atoms with Gasteiger partial charge in [-0.15, -0.1) is 0 Å². The Morgan fingerprint density at radius 2 is 1.71 bits per heavy atom. The third-order valence-corrected chi connectivity index (χ3v) is 9.07. The fourth-order valence-electron chi connectivity index (χ4n) is 8.13. The molecule has 0 saturated heterocycles. The number of hydrogen-bond donors (Lipinski definition) is 1. The number of aliphatic hydroxyl groups is 1. The van der Waals surface area contributed by atoms with Crippen molar-refractivity contribution in [3.05, 3.63) is 12.2 Å². The van der Waals surface area contributed by atoms with E-state index in [1.807, 2.05) is 0 Å². The lowest BCUT2D eigenvalue weighted by Gasteiger charge is -2.55. The zero-order valence-electron chi connectivity index (χ0n) is 16.2. The molecular weight excluding hydrogens is 292 g/mol. The molecular formula is C23H38O. The Kier molecular flexibility index (Phi) is 4.18. The van der Waals surface area contributed by atoms with Crippen LogP contribution in [0.2, 0.25) is 0 Å². The van der Waals surface area contributed by atoms with Crippen molar-refractivity contribution in [3.8, 4) is 0 Å². The largest absolute Gasteiger partial charge is 0.390 e. The molecule has 0 bridgehead atoms. The van der Waals surface area contributed by atoms with Crippen molar-refractivity contribution >= 4 is 0 Å². The molecule has 24 heavy (non-hydrogen) atoms. The highest BCUT2D eigenvalue weighted by Gasteiger charge is 2.56. The number of rotatable bonds is 1. The van der Waals surface area contributed by atoms with Gasteiger partial charge in [0.25, 0.3) is 0 Å². The molecule has 4 aliphatic rings. The highest BCUT2D eigenvalue weighted by atomic mass is 16.3. The second kappa shape index (κ2) is 5.86. The molecule has 0 radical (unpaired) electrons. The lowest BCUT2D eigenvalue weighted by atomic mass is 9.50. The molecule has 0 aromatic carbocycles. The molecule has 0 amide bonds. The maximum absolute atomic E-state index is 10.7. The number of hydrogen-bond acceptors (Lipinski definition) is 1. The first-order valence-corrected chi connectivity index (χ1v) is 10.7. The van der Waals surface area contributed by atoms with Crippen molar-refractivity contribution in [3.63, 3.8) is 0 Å². The van der Waals surface area contributed by atoms with Crippen LogP contribution in [0.5, 0.6) is 0 Å². The average molecular weight is 331 g/mol. The molecule has 136 valence electrons. The third kappa shape index (κ3) is 2.61. The molecule has 4 fully saturated rings. The van der Waals surface area contributed by atoms with Crippen LogP contribution in [0.3, 0.4) is 0 Å². The van der Waals surface area contributed by atoms with Gasteiger partial charge in [0, 0.05) is 0 Å². The van der Waals surface area contributed by atoms with E-state index in [0.717, 1.165) is 48.3 Å². The summed E-state index contributed by atoms with van der Waals surface area (Å²) in [5, 5.41) is 10.7. The molecule has 0 aromatic rings. The van der Waals surface area contributed by atoms with Gasteiger partial charge in [0.15, 0.2) is 0 Å². The minimum absolute atomic E-state index is 0.395. The van der Waals surface area contributed by atoms with Crippen LogP contribution in [-0.2, 0) is 0 Å². The minimum atomic E-state index is -0.395. The van der Waals surface area contributed by atoms with E-state index in [1.54, 1.807) is 0 Å². The maximum atomic E-state index is 10.7. The number of allylic oxidation sites excluding steroid dienone is 1. The summed E-state index contributed by atoms with van der Waals surface area (Å²) in [4.78, 5) is 0. The van der Waals surface area contributed by atoms with Crippen LogP contribution in [-0.4, -0.2) is 10.7 Å². The average Bonchev–Trinajstić information content (AvgIpc) is 2.77. The van der Waals surface area contributed by atoms with Crippen molar-refractivity contribution < 1.29 is 5.11 Å². The van der Waals surface area contributed by atoms with E-state index in [4.69, 9.17) is 0 Å². The highest BCUT2D eigenvalue weighted by molar-refractivity contribution is 5.13. The molecule has 1 nitrogen and oxygen atoms in total. The summed E-state index contributed by atoms with van der Waals surface area (Å²) in [7, 11) is 0. The SMILES string of the molecule is C=C(C)[C@H]1CC[C@H]2[C@@H]3CC[C@@H]4C[C@](C)(O)CCC[C@@H]4[C@H]3CC[C@]12C. The zero-order valence-corrected chi connectivity index (χ0v) is 16.2. The van der Waals surface area contributed by atoms with Crippen LogP contribution in [0.15, 0.2) is 12.2 Å². The Morgan fingerprint density at radius 3 is 2.46 bits per heavy atom. The molecule has 4 saturated carbocycles. The fraction of sp³-hybridized carbons (Fsp3) is 0.913. The van der Waals surface area contributed by atoms with Crippen molar-refractivity contribution in [2.24, 2.45) is 40.9 Å². The smallest absolute Gasteiger partial charge is 0.0622 e. The highest BCUT2D eigenvalue weighted by Crippen LogP contribution is 2.65. The Balaban J connectivity index is 1.57. The van der Waals surface area contributed by atoms with E-state index in [0.29, 0.717) is 5.41 Å². The molecule has 1 N–H and O–H groups in total. The van der Waals surface area contributed by atoms with Gasteiger partial charge in [-0.05, 0) is 113 Å². The third-order valence-electron chi connectivity index (χ3n) is 9.07. The molecule has 0 aliphatic heterocycles. The van der Waals surface area contributed by atoms with Crippen molar-refractivity contribution in [2.45, 2.75) is 90.6 Å². The molecule has 1 heteroatoms. The standard InChI is InChI=1S/C23H38O/c1-15(2)20-9-10-21-19-8-7-16-14-22(3,24)12-5-6-17(16)18(19)11-13-23(20,21)4/h16-21,24H,1,5-14H2,2-4H3/t16-,17+,18-,19-,20-,21+,22-,23-/m1/s1. The molecule has 8 atom stereocenters. The lowest BCUT2D eigenvalue weighted by Crippen LogP contribution is -2.47. The van der Waals surface area contributed by atoms with E-state index in [9.17, 15) is 5.11 Å². The maximum Gasteiger partial charge on any atom is 0.0622 e. The molecule has 0 heterocycles. The summed E-state index contributed by atoms with van der Waals surface area (Å²) in [6.07, 6.45) is 13.3. The van der Waals surface area contributed by atoms with Gasteiger partial charge in [0.1, 0.15) is 0 Å². The first-order valence-electron chi connectivity index (χ1n) is 10.7. The summed E-state index contributed by atoms with van der Waals surface area (Å²) in [5.41, 5.74) is 1.59. The Labute approximate surface area is 149 Å². The first-order chi connectivity index (χ1) is 11.3. The van der Waals surface area contributed by atoms with Crippen molar-refractivity contribution in [2.75, 3.05) is 0 Å². The van der Waals surface area contributed by atoms with Crippen LogP contribution in [0.1, 0.15) is 85.0 Å². The Bertz CT molecular complexity index is 506. The molecule has 0 unspecified atom stereocenters. The van der Waals surface area contributed by atoms with Gasteiger partial charge in [-0.1, -0.05) is 25.5 Å². The minimum Gasteiger partial charge on any atom is -0.390 e. The van der Waals surface area contributed by atoms with Gasteiger partial charge in [-0.25, -0.2) is 0 Å². The van der Waals surface area contributed by atoms with Gasteiger partial charge < -0.3 is 5.11 Å². The molecule has 0 spiro atoms. The first kappa shape index (κ1) is 17.1. The Morgan fingerprint density at radius 1 is 0.917 bits per heavy atom. The summed E-state index contributed by atoms with van der Waals surface area (Å²) < 4.78 is 0. The van der Waals surface area contributed by atoms with Gasteiger partial charge in [-0.2, -0.15) is 0 Å². The van der Waals surface area contributed by atoms with E-state index >= 15 is 0 Å². The quantitative estimate of drug-likeness (QED) is 0.587. The van der Waals surface area contributed by atoms with Crippen molar-refractivity contribution in [1.82, 2.24) is 0 Å². The van der Waals surface area contributed by atoms with E-state index < -0.39 is 5.60 Å². The van der Waals surface area contributed by atoms with Gasteiger partial charge >= 0.3 is 0 Å². The number of fused-ring (bicyclic) bond motifs is 5. The predicted molar refractivity (Wildman–Crippen MR) is 101 cm³/mol. The van der Waals surface area contributed by atoms with E-state index in [2.05, 4.69) is 27.4 Å². The van der Waals surface area contributed by atoms with Crippen LogP contribution >= 0.6 is 0 Å². The summed E-state index contributed by atoms with van der Waals surface area (Å²) in [5.74, 6) is 5.35. The molecule has 4 aliphatic carbocycles. The van der Waals surface area contributed by atoms with Crippen LogP contribution in [0.25, 0.3) is 0 Å². The Hall–Kier alpha value is -0.300. The van der Waals surface area contributed by atoms with Crippen LogP contribution in [0.4, 0.5) is 0 Å². The molecule has 0 aromatic heterocycles. The van der Waals surface area contributed by atoms with Gasteiger partial charge in [-0.3, -0.25) is 0 Å². The second-order valence-corrected chi connectivity index (χ2v) is 10.5. The normalized spacial score (nSPS) is 54.3. The fourth-order valence-corrected chi connectivity index (χ4v) is 8.13. The van der Waals surface area contributed by atoms with Gasteiger partial charge in [0.2, 0.25) is 0 Å². The summed E-state index contributed by atoms with van der Waals surface area (Å²) >= 11 is 0. The molecule has 4 rings (SSSR count). The monoisotopic (exact) mass is 330 g/mol. The van der Waals surface area contributed by atoms with E-state index in [1.165, 1.54) is 56.9 Å². The zero-order chi connectivity index (χ0) is 17.1.